The Morgan fingerprint density at radius 1 is 1.58 bits per heavy atom. The fourth-order valence-electron chi connectivity index (χ4n) is 2.01. The van der Waals surface area contributed by atoms with Gasteiger partial charge in [0.05, 0.1) is 6.33 Å². The highest BCUT2D eigenvalue weighted by Gasteiger charge is 2.63. The monoisotopic (exact) mass is 267 g/mol. The van der Waals surface area contributed by atoms with Crippen LogP contribution in [0.25, 0.3) is 0 Å². The number of H-pyrrole nitrogens is 1. The van der Waals surface area contributed by atoms with E-state index in [1.807, 2.05) is 0 Å². The number of carboxylic acids is 1. The molecule has 2 atom stereocenters. The van der Waals surface area contributed by atoms with Crippen LogP contribution in [0.2, 0.25) is 0 Å². The molecule has 7 heteroatoms. The molecule has 0 aromatic carbocycles. The van der Waals surface area contributed by atoms with Crippen LogP contribution in [0.5, 0.6) is 0 Å². The zero-order valence-corrected chi connectivity index (χ0v) is 11.1. The number of ether oxygens (including phenoxy) is 1. The molecule has 1 aliphatic rings. The molecule has 1 aromatic heterocycles. The molecule has 0 radical (unpaired) electrons. The van der Waals surface area contributed by atoms with Gasteiger partial charge in [-0.2, -0.15) is 0 Å². The third-order valence-electron chi connectivity index (χ3n) is 2.96. The zero-order valence-electron chi connectivity index (χ0n) is 11.1. The number of carbonyl (C=O) groups excluding carboxylic acids is 1. The summed E-state index contributed by atoms with van der Waals surface area (Å²) in [7, 11) is 0. The molecule has 2 rings (SSSR count). The number of imidazole rings is 1. The second-order valence-corrected chi connectivity index (χ2v) is 5.67. The number of aliphatic carboxylic acids is 1. The van der Waals surface area contributed by atoms with E-state index in [9.17, 15) is 14.7 Å². The van der Waals surface area contributed by atoms with Crippen LogP contribution in [-0.2, 0) is 9.53 Å². The summed E-state index contributed by atoms with van der Waals surface area (Å²) in [6.07, 6.45) is 2.64. The van der Waals surface area contributed by atoms with Crippen molar-refractivity contribution in [2.45, 2.75) is 44.2 Å². The standard InChI is InChI=1S/C12H17N3O4/c1-11(2,3)19-10(18)15-12(9(16)17)4-7(12)8-5-13-6-14-8/h5-7H,4H2,1-3H3,(H,13,14)(H,15,18)(H,16,17)/t7-,12+/m1/s1. The van der Waals surface area contributed by atoms with Crippen LogP contribution in [0.4, 0.5) is 4.79 Å². The smallest absolute Gasteiger partial charge is 0.408 e. The molecule has 1 amide bonds. The molecule has 7 nitrogen and oxygen atoms in total. The maximum atomic E-state index is 11.7. The average molecular weight is 267 g/mol. The van der Waals surface area contributed by atoms with E-state index in [0.717, 1.165) is 0 Å². The van der Waals surface area contributed by atoms with E-state index in [0.29, 0.717) is 12.1 Å². The minimum Gasteiger partial charge on any atom is -0.479 e. The zero-order chi connectivity index (χ0) is 14.3. The van der Waals surface area contributed by atoms with E-state index >= 15 is 0 Å². The van der Waals surface area contributed by atoms with Crippen molar-refractivity contribution in [3.05, 3.63) is 18.2 Å². The van der Waals surface area contributed by atoms with Gasteiger partial charge >= 0.3 is 12.1 Å². The predicted octanol–water partition coefficient (Wildman–Crippen LogP) is 1.25. The molecule has 3 N–H and O–H groups in total. The van der Waals surface area contributed by atoms with Gasteiger partial charge in [0.15, 0.2) is 0 Å². The lowest BCUT2D eigenvalue weighted by molar-refractivity contribution is -0.140. The first-order valence-electron chi connectivity index (χ1n) is 5.97. The minimum absolute atomic E-state index is 0.306. The van der Waals surface area contributed by atoms with Crippen LogP contribution in [0.15, 0.2) is 12.5 Å². The predicted molar refractivity (Wildman–Crippen MR) is 65.7 cm³/mol. The minimum atomic E-state index is -1.30. The van der Waals surface area contributed by atoms with Gasteiger partial charge in [-0.1, -0.05) is 0 Å². The highest BCUT2D eigenvalue weighted by molar-refractivity contribution is 5.89. The number of aromatic amines is 1. The molecule has 0 bridgehead atoms. The van der Waals surface area contributed by atoms with Gasteiger partial charge in [-0.15, -0.1) is 0 Å². The lowest BCUT2D eigenvalue weighted by Gasteiger charge is -2.22. The number of nitrogens with zero attached hydrogens (tertiary/aromatic N) is 1. The Labute approximate surface area is 110 Å². The molecule has 0 aliphatic heterocycles. The highest BCUT2D eigenvalue weighted by Crippen LogP contribution is 2.51. The van der Waals surface area contributed by atoms with E-state index in [1.54, 1.807) is 27.0 Å². The van der Waals surface area contributed by atoms with Crippen molar-refractivity contribution in [3.8, 4) is 0 Å². The quantitative estimate of drug-likeness (QED) is 0.764. The number of nitrogens with one attached hydrogen (secondary N) is 2. The number of rotatable bonds is 3. The summed E-state index contributed by atoms with van der Waals surface area (Å²) >= 11 is 0. The van der Waals surface area contributed by atoms with Gasteiger partial charge in [-0.25, -0.2) is 14.6 Å². The van der Waals surface area contributed by atoms with Gasteiger partial charge in [0.2, 0.25) is 0 Å². The van der Waals surface area contributed by atoms with Gasteiger partial charge < -0.3 is 20.1 Å². The van der Waals surface area contributed by atoms with Gasteiger partial charge in [-0.05, 0) is 27.2 Å². The summed E-state index contributed by atoms with van der Waals surface area (Å²) in [6, 6.07) is 0. The lowest BCUT2D eigenvalue weighted by Crippen LogP contribution is -2.46. The van der Waals surface area contributed by atoms with E-state index < -0.39 is 23.2 Å². The van der Waals surface area contributed by atoms with Crippen molar-refractivity contribution in [2.24, 2.45) is 0 Å². The molecule has 19 heavy (non-hydrogen) atoms. The summed E-state index contributed by atoms with van der Waals surface area (Å²) in [6.45, 7) is 5.16. The van der Waals surface area contributed by atoms with Crippen molar-refractivity contribution in [2.75, 3.05) is 0 Å². The van der Waals surface area contributed by atoms with Crippen molar-refractivity contribution in [3.63, 3.8) is 0 Å². The molecule has 0 unspecified atom stereocenters. The Balaban J connectivity index is 2.08. The Hall–Kier alpha value is -2.05. The normalized spacial score (nSPS) is 25.7. The maximum Gasteiger partial charge on any atom is 0.408 e. The largest absolute Gasteiger partial charge is 0.479 e. The SMILES string of the molecule is CC(C)(C)OC(=O)N[C@@]1(C(=O)O)C[C@@H]1c1cnc[nH]1. The topological polar surface area (TPSA) is 104 Å². The molecule has 1 saturated carbocycles. The van der Waals surface area contributed by atoms with E-state index in [2.05, 4.69) is 15.3 Å². The van der Waals surface area contributed by atoms with E-state index in [-0.39, 0.29) is 5.92 Å². The molecule has 1 fully saturated rings. The number of hydrogen-bond acceptors (Lipinski definition) is 4. The van der Waals surface area contributed by atoms with Crippen LogP contribution < -0.4 is 5.32 Å². The molecule has 0 spiro atoms. The Morgan fingerprint density at radius 3 is 2.74 bits per heavy atom. The average Bonchev–Trinajstić information content (AvgIpc) is 2.72. The van der Waals surface area contributed by atoms with Crippen LogP contribution >= 0.6 is 0 Å². The third-order valence-corrected chi connectivity index (χ3v) is 2.96. The van der Waals surface area contributed by atoms with Gasteiger partial charge in [0.1, 0.15) is 11.1 Å². The van der Waals surface area contributed by atoms with Crippen molar-refractivity contribution < 1.29 is 19.4 Å². The van der Waals surface area contributed by atoms with Crippen molar-refractivity contribution >= 4 is 12.1 Å². The number of hydrogen-bond donors (Lipinski definition) is 3. The molecular weight excluding hydrogens is 250 g/mol. The van der Waals surface area contributed by atoms with Crippen LogP contribution in [0, 0.1) is 0 Å². The second-order valence-electron chi connectivity index (χ2n) is 5.67. The molecule has 1 aliphatic carbocycles. The first kappa shape index (κ1) is 13.4. The Kier molecular flexibility index (Phi) is 3.00. The summed E-state index contributed by atoms with van der Waals surface area (Å²) < 4.78 is 5.09. The molecular formula is C12H17N3O4. The number of amides is 1. The van der Waals surface area contributed by atoms with Crippen LogP contribution in [0.3, 0.4) is 0 Å². The Bertz CT molecular complexity index is 492. The third kappa shape index (κ3) is 2.69. The van der Waals surface area contributed by atoms with Crippen molar-refractivity contribution in [1.82, 2.24) is 15.3 Å². The number of aromatic nitrogens is 2. The van der Waals surface area contributed by atoms with Gasteiger partial charge in [0, 0.05) is 17.8 Å². The molecule has 1 heterocycles. The van der Waals surface area contributed by atoms with E-state index in [1.165, 1.54) is 6.33 Å². The number of alkyl carbamates (subject to hydrolysis) is 1. The van der Waals surface area contributed by atoms with Crippen LogP contribution in [-0.4, -0.2) is 38.3 Å². The maximum absolute atomic E-state index is 11.7. The molecule has 1 aromatic rings. The summed E-state index contributed by atoms with van der Waals surface area (Å²) in [5.74, 6) is -1.38. The van der Waals surface area contributed by atoms with Gasteiger partial charge in [-0.3, -0.25) is 0 Å². The number of carboxylic acid groups (broad SMARTS) is 1. The highest BCUT2D eigenvalue weighted by atomic mass is 16.6. The summed E-state index contributed by atoms with van der Waals surface area (Å²) in [5.41, 5.74) is -1.27. The second kappa shape index (κ2) is 4.25. The van der Waals surface area contributed by atoms with E-state index in [4.69, 9.17) is 4.74 Å². The van der Waals surface area contributed by atoms with Crippen molar-refractivity contribution in [1.29, 1.82) is 0 Å². The fourth-order valence-corrected chi connectivity index (χ4v) is 2.01. The van der Waals surface area contributed by atoms with Crippen LogP contribution in [0.1, 0.15) is 38.8 Å². The first-order chi connectivity index (χ1) is 8.74. The molecule has 0 saturated heterocycles. The fraction of sp³-hybridized carbons (Fsp3) is 0.583. The van der Waals surface area contributed by atoms with Gasteiger partial charge in [0.25, 0.3) is 0 Å². The summed E-state index contributed by atoms with van der Waals surface area (Å²) in [5, 5.41) is 11.8. The lowest BCUT2D eigenvalue weighted by atomic mass is 10.1. The number of carbonyl (C=O) groups is 2. The molecule has 104 valence electrons. The first-order valence-corrected chi connectivity index (χ1v) is 5.97. The Morgan fingerprint density at radius 2 is 2.26 bits per heavy atom. The summed E-state index contributed by atoms with van der Waals surface area (Å²) in [4.78, 5) is 29.8.